The minimum Gasteiger partial charge on any atom is -0.400 e. The van der Waals surface area contributed by atoms with Crippen LogP contribution in [0.25, 0.3) is 11.0 Å². The predicted molar refractivity (Wildman–Crippen MR) is 115 cm³/mol. The van der Waals surface area contributed by atoms with Crippen molar-refractivity contribution in [3.63, 3.8) is 0 Å². The van der Waals surface area contributed by atoms with E-state index in [0.29, 0.717) is 17.1 Å². The number of benzene rings is 2. The molecule has 1 aromatic heterocycles. The minimum atomic E-state index is -0.359. The summed E-state index contributed by atoms with van der Waals surface area (Å²) in [5, 5.41) is 13.6. The van der Waals surface area contributed by atoms with Gasteiger partial charge in [-0.15, -0.1) is 0 Å². The molecule has 0 saturated carbocycles. The van der Waals surface area contributed by atoms with E-state index in [-0.39, 0.29) is 24.8 Å². The number of halogens is 1. The first-order valence-corrected chi connectivity index (χ1v) is 9.79. The number of nitrogens with zero attached hydrogens (tertiary/aromatic N) is 4. The largest absolute Gasteiger partial charge is 0.400 e. The number of para-hydroxylation sites is 2. The molecule has 8 heteroatoms. The number of aliphatic hydroxyl groups is 1. The highest BCUT2D eigenvalue weighted by Crippen LogP contribution is 2.33. The Balaban J connectivity index is 0.00000124. The van der Waals surface area contributed by atoms with Gasteiger partial charge in [-0.2, -0.15) is 5.10 Å². The molecule has 0 fully saturated rings. The van der Waals surface area contributed by atoms with Crippen molar-refractivity contribution in [3.05, 3.63) is 71.0 Å². The molecule has 30 heavy (non-hydrogen) atoms. The molecule has 1 amide bonds. The number of amides is 1. The van der Waals surface area contributed by atoms with Gasteiger partial charge < -0.3 is 9.90 Å². The third-order valence-electron chi connectivity index (χ3n) is 4.63. The molecule has 7 nitrogen and oxygen atoms in total. The zero-order valence-corrected chi connectivity index (χ0v) is 17.2. The van der Waals surface area contributed by atoms with Crippen LogP contribution >= 0.6 is 11.6 Å². The van der Waals surface area contributed by atoms with Gasteiger partial charge in [0, 0.05) is 31.4 Å². The Morgan fingerprint density at radius 2 is 1.87 bits per heavy atom. The van der Waals surface area contributed by atoms with Gasteiger partial charge in [0.2, 0.25) is 5.91 Å². The Kier molecular flexibility index (Phi) is 7.21. The molecule has 0 bridgehead atoms. The lowest BCUT2D eigenvalue weighted by Gasteiger charge is -2.21. The van der Waals surface area contributed by atoms with Gasteiger partial charge in [0.1, 0.15) is 12.3 Å². The van der Waals surface area contributed by atoms with Crippen LogP contribution in [0.5, 0.6) is 0 Å². The summed E-state index contributed by atoms with van der Waals surface area (Å²) in [4.78, 5) is 32.5. The summed E-state index contributed by atoms with van der Waals surface area (Å²) >= 11 is 5.98. The number of aliphatic hydroxyl groups excluding tert-OH is 1. The van der Waals surface area contributed by atoms with Crippen molar-refractivity contribution in [2.75, 3.05) is 7.11 Å². The Morgan fingerprint density at radius 1 is 1.17 bits per heavy atom. The maximum absolute atomic E-state index is 12.7. The first kappa shape index (κ1) is 21.5. The fourth-order valence-corrected chi connectivity index (χ4v) is 3.34. The van der Waals surface area contributed by atoms with Crippen molar-refractivity contribution in [2.24, 2.45) is 5.10 Å². The van der Waals surface area contributed by atoms with Crippen molar-refractivity contribution < 1.29 is 14.7 Å². The third-order valence-corrected chi connectivity index (χ3v) is 4.88. The molecule has 1 aliphatic rings. The van der Waals surface area contributed by atoms with Gasteiger partial charge in [-0.1, -0.05) is 35.9 Å². The van der Waals surface area contributed by atoms with E-state index in [1.54, 1.807) is 18.3 Å². The Morgan fingerprint density at radius 3 is 2.57 bits per heavy atom. The van der Waals surface area contributed by atoms with E-state index >= 15 is 0 Å². The second kappa shape index (κ2) is 10.0. The predicted octanol–water partition coefficient (Wildman–Crippen LogP) is 3.55. The molecule has 2 heterocycles. The fourth-order valence-electron chi connectivity index (χ4n) is 3.22. The Hall–Kier alpha value is -3.16. The van der Waals surface area contributed by atoms with Crippen molar-refractivity contribution in [2.45, 2.75) is 25.3 Å². The number of carbonyl (C=O) groups is 2. The SMILES string of the molecule is CO.O=CCCC(=O)N1N=C(c2ccc(Cl)cc2)CC1c1cnc2ccccc2n1. The first-order valence-electron chi connectivity index (χ1n) is 9.41. The average Bonchev–Trinajstić information content (AvgIpc) is 3.24. The average molecular weight is 425 g/mol. The smallest absolute Gasteiger partial charge is 0.243 e. The molecule has 2 aromatic carbocycles. The molecule has 4 rings (SSSR count). The zero-order valence-electron chi connectivity index (χ0n) is 16.4. The van der Waals surface area contributed by atoms with E-state index in [2.05, 4.69) is 10.1 Å². The molecular weight excluding hydrogens is 404 g/mol. The second-order valence-electron chi connectivity index (χ2n) is 6.50. The van der Waals surface area contributed by atoms with Gasteiger partial charge in [0.05, 0.1) is 28.6 Å². The molecule has 1 aliphatic heterocycles. The second-order valence-corrected chi connectivity index (χ2v) is 6.94. The highest BCUT2D eigenvalue weighted by atomic mass is 35.5. The molecule has 3 aromatic rings. The van der Waals surface area contributed by atoms with Crippen LogP contribution in [0.4, 0.5) is 0 Å². The molecule has 1 N–H and O–H groups in total. The lowest BCUT2D eigenvalue weighted by Crippen LogP contribution is -2.27. The number of hydrogen-bond acceptors (Lipinski definition) is 6. The number of aromatic nitrogens is 2. The molecular formula is C22H21ClN4O3. The van der Waals surface area contributed by atoms with Gasteiger partial charge in [0.25, 0.3) is 0 Å². The molecule has 0 radical (unpaired) electrons. The number of fused-ring (bicyclic) bond motifs is 1. The normalized spacial score (nSPS) is 15.4. The van der Waals surface area contributed by atoms with Crippen molar-refractivity contribution in [1.29, 1.82) is 0 Å². The van der Waals surface area contributed by atoms with Gasteiger partial charge in [-0.3, -0.25) is 9.78 Å². The number of hydrogen-bond donors (Lipinski definition) is 1. The maximum atomic E-state index is 12.7. The van der Waals surface area contributed by atoms with Crippen LogP contribution in [0.3, 0.4) is 0 Å². The van der Waals surface area contributed by atoms with E-state index in [4.69, 9.17) is 21.7 Å². The minimum absolute atomic E-state index is 0.110. The van der Waals surface area contributed by atoms with Crippen molar-refractivity contribution in [1.82, 2.24) is 15.0 Å². The summed E-state index contributed by atoms with van der Waals surface area (Å²) in [7, 11) is 1.00. The van der Waals surface area contributed by atoms with E-state index in [1.165, 1.54) is 5.01 Å². The number of aldehydes is 1. The highest BCUT2D eigenvalue weighted by Gasteiger charge is 2.34. The lowest BCUT2D eigenvalue weighted by atomic mass is 10.0. The summed E-state index contributed by atoms with van der Waals surface area (Å²) in [6.07, 6.45) is 3.22. The third kappa shape index (κ3) is 4.69. The first-order chi connectivity index (χ1) is 14.7. The Bertz CT molecular complexity index is 1070. The van der Waals surface area contributed by atoms with Crippen LogP contribution in [-0.4, -0.2) is 45.1 Å². The van der Waals surface area contributed by atoms with Gasteiger partial charge in [0.15, 0.2) is 0 Å². The van der Waals surface area contributed by atoms with Gasteiger partial charge >= 0.3 is 0 Å². The standard InChI is InChI=1S/C21H17ClN4O2.CH4O/c22-15-9-7-14(8-10-15)18-12-20(26(25-18)21(28)6-3-11-27)19-13-23-16-4-1-2-5-17(16)24-19;1-2/h1-2,4-5,7-11,13,20H,3,6,12H2;2H,1H3. The van der Waals surface area contributed by atoms with Crippen LogP contribution in [0, 0.1) is 0 Å². The van der Waals surface area contributed by atoms with Crippen LogP contribution in [-0.2, 0) is 9.59 Å². The monoisotopic (exact) mass is 424 g/mol. The van der Waals surface area contributed by atoms with E-state index in [9.17, 15) is 9.59 Å². The highest BCUT2D eigenvalue weighted by molar-refractivity contribution is 6.30. The van der Waals surface area contributed by atoms with E-state index < -0.39 is 0 Å². The van der Waals surface area contributed by atoms with Gasteiger partial charge in [-0.05, 0) is 29.8 Å². The van der Waals surface area contributed by atoms with Crippen LogP contribution in [0.15, 0.2) is 59.8 Å². The number of carbonyl (C=O) groups excluding carboxylic acids is 2. The summed E-state index contributed by atoms with van der Waals surface area (Å²) in [5.74, 6) is -0.212. The molecule has 1 atom stereocenters. The van der Waals surface area contributed by atoms with Gasteiger partial charge in [-0.25, -0.2) is 9.99 Å². The summed E-state index contributed by atoms with van der Waals surface area (Å²) in [5.41, 5.74) is 3.90. The van der Waals surface area contributed by atoms with E-state index in [0.717, 1.165) is 35.7 Å². The zero-order chi connectivity index (χ0) is 21.5. The summed E-state index contributed by atoms with van der Waals surface area (Å²) in [6, 6.07) is 14.6. The number of rotatable bonds is 5. The van der Waals surface area contributed by atoms with Crippen LogP contribution in [0.1, 0.15) is 36.6 Å². The molecule has 0 aliphatic carbocycles. The molecule has 0 saturated heterocycles. The molecule has 0 spiro atoms. The molecule has 154 valence electrons. The lowest BCUT2D eigenvalue weighted by molar-refractivity contribution is -0.133. The Labute approximate surface area is 179 Å². The van der Waals surface area contributed by atoms with Crippen molar-refractivity contribution >= 4 is 40.5 Å². The van der Waals surface area contributed by atoms with Crippen LogP contribution < -0.4 is 0 Å². The fraction of sp³-hybridized carbons (Fsp3) is 0.227. The van der Waals surface area contributed by atoms with Crippen LogP contribution in [0.2, 0.25) is 5.02 Å². The number of hydrazone groups is 1. The van der Waals surface area contributed by atoms with Crippen molar-refractivity contribution in [3.8, 4) is 0 Å². The molecule has 1 unspecified atom stereocenters. The summed E-state index contributed by atoms with van der Waals surface area (Å²) < 4.78 is 0. The summed E-state index contributed by atoms with van der Waals surface area (Å²) in [6.45, 7) is 0. The topological polar surface area (TPSA) is 95.8 Å². The quantitative estimate of drug-likeness (QED) is 0.632. The maximum Gasteiger partial charge on any atom is 0.243 e. The van der Waals surface area contributed by atoms with E-state index in [1.807, 2.05) is 36.4 Å².